The first-order chi connectivity index (χ1) is 9.17. The number of hydrogen-bond acceptors (Lipinski definition) is 1. The van der Waals surface area contributed by atoms with E-state index in [0.717, 1.165) is 5.56 Å². The van der Waals surface area contributed by atoms with E-state index in [1.54, 1.807) is 30.3 Å². The predicted molar refractivity (Wildman–Crippen MR) is 69.9 cm³/mol. The van der Waals surface area contributed by atoms with Gasteiger partial charge in [-0.1, -0.05) is 0 Å². The van der Waals surface area contributed by atoms with Gasteiger partial charge in [-0.3, -0.25) is 0 Å². The second-order valence-electron chi connectivity index (χ2n) is 3.56. The molecule has 2 aromatic carbocycles. The van der Waals surface area contributed by atoms with Gasteiger partial charge < -0.3 is 0 Å². The van der Waals surface area contributed by atoms with Crippen molar-refractivity contribution < 1.29 is 13.5 Å². The molecular formula is C15H11CfF2O. The summed E-state index contributed by atoms with van der Waals surface area (Å²) in [5.74, 6) is 1.35. The Labute approximate surface area is 105 Å². The molecule has 0 N–H and O–H groups in total. The quantitative estimate of drug-likeness (QED) is 0.625. The first kappa shape index (κ1) is 12.2. The summed E-state index contributed by atoms with van der Waals surface area (Å²) >= 11 is 0. The minimum absolute atomic E-state index is 0.643. The summed E-state index contributed by atoms with van der Waals surface area (Å²) in [7, 11) is 0. The van der Waals surface area contributed by atoms with Crippen molar-refractivity contribution in [2.75, 3.05) is 0 Å². The van der Waals surface area contributed by atoms with Crippen LogP contribution in [-0.2, 0) is 0 Å². The zero-order chi connectivity index (χ0) is 13.7. The van der Waals surface area contributed by atoms with Gasteiger partial charge in [-0.15, -0.1) is 0 Å². The maximum atomic E-state index is 12.2. The van der Waals surface area contributed by atoms with Crippen molar-refractivity contribution in [3.05, 3.63) is 60.7 Å². The van der Waals surface area contributed by atoms with Crippen LogP contribution in [0.2, 0.25) is 0 Å². The normalized spacial score (nSPS) is 9.58. The van der Waals surface area contributed by atoms with Crippen molar-refractivity contribution in [1.29, 1.82) is 0 Å². The zero-order valence-electron chi connectivity index (χ0n) is 9.88. The molecule has 1 nitrogen and oxygen atoms in total. The standard InChI is InChI=1S/C14H11O.CF2.Cf/c1-2-12-8-10-14(11-9-12)15-13-6-4-3-5-7-13;2-1-3;/h2,4-11H,1H2;;. The van der Waals surface area contributed by atoms with Crippen LogP contribution < -0.4 is 10.8 Å². The number of hydrogen-bond donors (Lipinski definition) is 0. The van der Waals surface area contributed by atoms with Gasteiger partial charge in [0.05, 0.1) is 0 Å². The first-order valence-electron chi connectivity index (χ1n) is 5.44. The van der Waals surface area contributed by atoms with E-state index in [1.807, 2.05) is 24.3 Å². The van der Waals surface area contributed by atoms with E-state index in [4.69, 9.17) is 4.74 Å². The Morgan fingerprint density at radius 1 is 0.947 bits per heavy atom. The average molecular weight is 496 g/mol. The van der Waals surface area contributed by atoms with E-state index in [0.29, 0.717) is 17.6 Å². The number of rotatable bonds is 4. The average Bonchev–Trinajstić information content (AvgIpc) is 2.41. The Bertz CT molecular complexity index is 585. The van der Waals surface area contributed by atoms with Gasteiger partial charge >= 0.3 is 105 Å². The molecule has 0 fully saturated rings. The maximum absolute atomic E-state index is 12.2. The van der Waals surface area contributed by atoms with Gasteiger partial charge in [-0.2, -0.15) is 0 Å². The van der Waals surface area contributed by atoms with Crippen molar-refractivity contribution >= 4 is 19.1 Å². The van der Waals surface area contributed by atoms with Crippen LogP contribution in [-0.4, -0.2) is 6.93 Å². The molecular weight excluding hydrogens is 485 g/mol. The van der Waals surface area contributed by atoms with Crippen molar-refractivity contribution in [2.45, 2.75) is 0 Å². The molecule has 0 unspecified atom stereocenters. The van der Waals surface area contributed by atoms with Crippen LogP contribution in [0.15, 0.2) is 55.1 Å². The molecule has 4 heteroatoms. The van der Waals surface area contributed by atoms with Gasteiger partial charge in [0.1, 0.15) is 0 Å². The molecule has 0 aromatic heterocycles. The Kier molecular flexibility index (Phi) is 3.44. The molecule has 101 valence electrons. The summed E-state index contributed by atoms with van der Waals surface area (Å²) in [6, 6.07) is 15.0. The summed E-state index contributed by atoms with van der Waals surface area (Å²) in [6.45, 7) is 2.24. The molecule has 0 aliphatic carbocycles. The van der Waals surface area contributed by atoms with Crippen molar-refractivity contribution in [3.63, 3.8) is 0 Å². The van der Waals surface area contributed by atoms with E-state index < -0.39 is 6.93 Å². The Morgan fingerprint density at radius 3 is 1.95 bits per heavy atom. The van der Waals surface area contributed by atoms with E-state index in [9.17, 15) is 8.78 Å². The fourth-order valence-electron chi connectivity index (χ4n) is 1.42. The third-order valence-corrected chi connectivity index (χ3v) is 4.43. The Balaban J connectivity index is 2.10. The van der Waals surface area contributed by atoms with Gasteiger partial charge in [0.25, 0.3) is 0 Å². The summed E-state index contributed by atoms with van der Waals surface area (Å²) in [6.07, 6.45) is 1.76. The molecule has 0 saturated carbocycles. The SMILES string of the molecule is C=Cc1ccc(Oc2cc[c]([Cf]=[C](F)F)cc2)cc1. The second-order valence-corrected chi connectivity index (χ2v) is 6.74. The van der Waals surface area contributed by atoms with E-state index >= 15 is 0 Å². The van der Waals surface area contributed by atoms with Gasteiger partial charge in [0.15, 0.2) is 0 Å². The van der Waals surface area contributed by atoms with E-state index in [-0.39, 0.29) is 0 Å². The monoisotopic (exact) mass is 494 g/mol. The van der Waals surface area contributed by atoms with Gasteiger partial charge in [0, 0.05) is 0 Å². The summed E-state index contributed by atoms with van der Waals surface area (Å²) in [4.78, 5) is 0. The van der Waals surface area contributed by atoms with Gasteiger partial charge in [0.2, 0.25) is 0 Å². The van der Waals surface area contributed by atoms with Gasteiger partial charge in [-0.25, -0.2) is 0 Å². The van der Waals surface area contributed by atoms with Crippen molar-refractivity contribution in [2.24, 2.45) is 0 Å². The van der Waals surface area contributed by atoms with Crippen LogP contribution in [0.25, 0.3) is 6.08 Å². The fourth-order valence-corrected chi connectivity index (χ4v) is 2.87. The third kappa shape index (κ3) is 3.33. The molecule has 0 aliphatic heterocycles. The summed E-state index contributed by atoms with van der Waals surface area (Å²) < 4.78 is 28.4. The van der Waals surface area contributed by atoms with E-state index in [1.165, 1.54) is 0 Å². The van der Waals surface area contributed by atoms with Crippen molar-refractivity contribution in [3.8, 4) is 11.5 Å². The predicted octanol–water partition coefficient (Wildman–Crippen LogP) is 3.86. The van der Waals surface area contributed by atoms with Gasteiger partial charge in [-0.05, 0) is 0 Å². The van der Waals surface area contributed by atoms with Crippen LogP contribution in [0.5, 0.6) is 11.5 Å². The molecule has 2 aromatic rings. The van der Waals surface area contributed by atoms with Crippen LogP contribution in [0.4, 0.5) is 8.78 Å². The zero-order valence-corrected chi connectivity index (χ0v) is 12.5. The topological polar surface area (TPSA) is 9.23 Å². The van der Waals surface area contributed by atoms with Crippen LogP contribution in [0, 0.1) is 0 Å². The molecule has 19 heavy (non-hydrogen) atoms. The number of halogens is 2. The molecule has 0 heterocycles. The van der Waals surface area contributed by atoms with E-state index in [2.05, 4.69) is 6.58 Å². The molecule has 0 saturated heterocycles. The molecule has 0 atom stereocenters. The van der Waals surface area contributed by atoms with Crippen LogP contribution in [0.3, 0.4) is 0 Å². The van der Waals surface area contributed by atoms with Crippen LogP contribution >= 0.6 is 0 Å². The third-order valence-electron chi connectivity index (χ3n) is 2.30. The van der Waals surface area contributed by atoms with Crippen molar-refractivity contribution in [1.82, 2.24) is 0 Å². The minimum atomic E-state index is -1.64. The molecule has 2 rings (SSSR count). The number of benzene rings is 2. The molecule has 0 amide bonds. The fraction of sp³-hybridized carbons (Fsp3) is 0. The molecule has 0 bridgehead atoms. The first-order valence-corrected chi connectivity index (χ1v) is 8.08. The number of ether oxygens (including phenoxy) is 1. The second kappa shape index (κ2) is 5.36. The van der Waals surface area contributed by atoms with Crippen LogP contribution in [0.1, 0.15) is 5.56 Å². The Hall–Kier alpha value is -3.29. The molecule has 0 spiro atoms. The summed E-state index contributed by atoms with van der Waals surface area (Å²) in [5.41, 5.74) is 1.02. The molecule has 0 radical (unpaired) electrons. The molecule has 0 aliphatic rings. The summed E-state index contributed by atoms with van der Waals surface area (Å²) in [5, 5.41) is 0. The Morgan fingerprint density at radius 2 is 1.47 bits per heavy atom.